The van der Waals surface area contributed by atoms with Crippen molar-refractivity contribution in [3.63, 3.8) is 0 Å². The van der Waals surface area contributed by atoms with Gasteiger partial charge in [0.15, 0.2) is 12.4 Å². The fraction of sp³-hybridized carbons (Fsp3) is 0.273. The molecule has 0 aliphatic heterocycles. The van der Waals surface area contributed by atoms with Crippen LogP contribution >= 0.6 is 23.2 Å². The van der Waals surface area contributed by atoms with Crippen LogP contribution in [0.25, 0.3) is 10.9 Å². The van der Waals surface area contributed by atoms with E-state index in [0.29, 0.717) is 27.2 Å². The minimum atomic E-state index is -0.262. The molecule has 1 atom stereocenters. The summed E-state index contributed by atoms with van der Waals surface area (Å²) in [6.07, 6.45) is 0.987. The lowest BCUT2D eigenvalue weighted by Crippen LogP contribution is -2.21. The molecular weight excluding hydrogens is 395 g/mol. The van der Waals surface area contributed by atoms with Crippen molar-refractivity contribution in [3.05, 3.63) is 63.8 Å². The summed E-state index contributed by atoms with van der Waals surface area (Å²) in [5.41, 5.74) is 3.25. The molecule has 2 aromatic carbocycles. The zero-order valence-corrected chi connectivity index (χ0v) is 17.6. The first-order valence-electron chi connectivity index (χ1n) is 9.17. The quantitative estimate of drug-likeness (QED) is 0.506. The molecule has 4 nitrogen and oxygen atoms in total. The lowest BCUT2D eigenvalue weighted by atomic mass is 9.97. The molecule has 1 unspecified atom stereocenters. The highest BCUT2D eigenvalue weighted by molar-refractivity contribution is 6.39. The van der Waals surface area contributed by atoms with Gasteiger partial charge in [-0.25, -0.2) is 4.98 Å². The molecular formula is C22H22Cl2N2O2. The normalized spacial score (nSPS) is 12.0. The molecule has 0 saturated carbocycles. The number of rotatable bonds is 6. The first kappa shape index (κ1) is 20.4. The van der Waals surface area contributed by atoms with Crippen LogP contribution in [-0.4, -0.2) is 17.5 Å². The van der Waals surface area contributed by atoms with E-state index >= 15 is 0 Å². The van der Waals surface area contributed by atoms with Gasteiger partial charge < -0.3 is 10.1 Å². The Morgan fingerprint density at radius 2 is 1.93 bits per heavy atom. The lowest BCUT2D eigenvalue weighted by molar-refractivity contribution is -0.118. The van der Waals surface area contributed by atoms with Gasteiger partial charge in [0, 0.05) is 16.8 Å². The van der Waals surface area contributed by atoms with Crippen molar-refractivity contribution in [1.82, 2.24) is 4.98 Å². The second-order valence-electron chi connectivity index (χ2n) is 6.75. The van der Waals surface area contributed by atoms with Crippen LogP contribution in [-0.2, 0) is 4.79 Å². The number of hydrogen-bond acceptors (Lipinski definition) is 3. The summed E-state index contributed by atoms with van der Waals surface area (Å²) in [5.74, 6) is 0.442. The standard InChI is InChI=1S/C22H22Cl2N2O2/c1-4-13(2)15-7-5-6-8-19(15)26-20(27)12-28-22-18(24)11-17(23)16-10-9-14(3)25-21(16)22/h5-11,13H,4,12H2,1-3H3,(H,26,27). The van der Waals surface area contributed by atoms with Gasteiger partial charge in [0.25, 0.3) is 5.91 Å². The average Bonchev–Trinajstić information content (AvgIpc) is 2.67. The Hall–Kier alpha value is -2.30. The maximum absolute atomic E-state index is 12.5. The monoisotopic (exact) mass is 416 g/mol. The Bertz CT molecular complexity index is 1020. The van der Waals surface area contributed by atoms with Crippen molar-refractivity contribution in [2.75, 3.05) is 11.9 Å². The molecule has 0 saturated heterocycles. The Morgan fingerprint density at radius 3 is 2.68 bits per heavy atom. The maximum atomic E-state index is 12.5. The number of pyridine rings is 1. The number of nitrogens with zero attached hydrogens (tertiary/aromatic N) is 1. The van der Waals surface area contributed by atoms with E-state index in [4.69, 9.17) is 27.9 Å². The number of hydrogen-bond donors (Lipinski definition) is 1. The van der Waals surface area contributed by atoms with Gasteiger partial charge in [0.2, 0.25) is 0 Å². The van der Waals surface area contributed by atoms with E-state index < -0.39 is 0 Å². The fourth-order valence-corrected chi connectivity index (χ4v) is 3.58. The number of carbonyl (C=O) groups is 1. The van der Waals surface area contributed by atoms with Crippen molar-refractivity contribution in [2.45, 2.75) is 33.1 Å². The number of halogens is 2. The highest BCUT2D eigenvalue weighted by Gasteiger charge is 2.16. The van der Waals surface area contributed by atoms with Crippen molar-refractivity contribution >= 4 is 45.7 Å². The van der Waals surface area contributed by atoms with Crippen molar-refractivity contribution < 1.29 is 9.53 Å². The molecule has 0 bridgehead atoms. The van der Waals surface area contributed by atoms with Gasteiger partial charge in [-0.1, -0.05) is 55.2 Å². The highest BCUT2D eigenvalue weighted by atomic mass is 35.5. The molecule has 0 aliphatic rings. The number of para-hydroxylation sites is 1. The van der Waals surface area contributed by atoms with E-state index in [1.54, 1.807) is 6.07 Å². The minimum absolute atomic E-state index is 0.180. The topological polar surface area (TPSA) is 51.2 Å². The van der Waals surface area contributed by atoms with Gasteiger partial charge in [-0.15, -0.1) is 0 Å². The van der Waals surface area contributed by atoms with Crippen LogP contribution < -0.4 is 10.1 Å². The molecule has 1 aromatic heterocycles. The van der Waals surface area contributed by atoms with Crippen LogP contribution in [0.4, 0.5) is 5.69 Å². The van der Waals surface area contributed by atoms with E-state index in [-0.39, 0.29) is 12.5 Å². The van der Waals surface area contributed by atoms with Crippen LogP contribution in [0.5, 0.6) is 5.75 Å². The summed E-state index contributed by atoms with van der Waals surface area (Å²) in [6, 6.07) is 13.1. The molecule has 0 fully saturated rings. The number of anilines is 1. The van der Waals surface area contributed by atoms with Gasteiger partial charge in [0.05, 0.1) is 10.0 Å². The average molecular weight is 417 g/mol. The number of fused-ring (bicyclic) bond motifs is 1. The molecule has 6 heteroatoms. The summed E-state index contributed by atoms with van der Waals surface area (Å²) in [6.45, 7) is 5.95. The van der Waals surface area contributed by atoms with Crippen molar-refractivity contribution in [3.8, 4) is 5.75 Å². The Kier molecular flexibility index (Phi) is 6.42. The first-order chi connectivity index (χ1) is 13.4. The van der Waals surface area contributed by atoms with E-state index in [0.717, 1.165) is 28.8 Å². The van der Waals surface area contributed by atoms with Gasteiger partial charge in [-0.3, -0.25) is 4.79 Å². The third-order valence-corrected chi connectivity index (χ3v) is 5.30. The third-order valence-electron chi connectivity index (χ3n) is 4.70. The van der Waals surface area contributed by atoms with Crippen LogP contribution in [0.1, 0.15) is 37.4 Å². The van der Waals surface area contributed by atoms with E-state index in [1.807, 2.05) is 43.3 Å². The van der Waals surface area contributed by atoms with Crippen molar-refractivity contribution in [1.29, 1.82) is 0 Å². The number of ether oxygens (including phenoxy) is 1. The zero-order valence-electron chi connectivity index (χ0n) is 16.1. The number of amides is 1. The van der Waals surface area contributed by atoms with Crippen LogP contribution in [0.15, 0.2) is 42.5 Å². The molecule has 1 N–H and O–H groups in total. The molecule has 1 heterocycles. The number of aryl methyl sites for hydroxylation is 1. The predicted molar refractivity (Wildman–Crippen MR) is 116 cm³/mol. The van der Waals surface area contributed by atoms with Gasteiger partial charge in [-0.2, -0.15) is 0 Å². The fourth-order valence-electron chi connectivity index (χ4n) is 3.01. The van der Waals surface area contributed by atoms with E-state index in [2.05, 4.69) is 24.1 Å². The van der Waals surface area contributed by atoms with Crippen LogP contribution in [0.3, 0.4) is 0 Å². The summed E-state index contributed by atoms with van der Waals surface area (Å²) < 4.78 is 5.76. The molecule has 1 amide bonds. The maximum Gasteiger partial charge on any atom is 0.262 e. The minimum Gasteiger partial charge on any atom is -0.480 e. The number of benzene rings is 2. The second-order valence-corrected chi connectivity index (χ2v) is 7.57. The van der Waals surface area contributed by atoms with Crippen LogP contribution in [0.2, 0.25) is 10.0 Å². The SMILES string of the molecule is CCC(C)c1ccccc1NC(=O)COc1c(Cl)cc(Cl)c2ccc(C)nc12. The third kappa shape index (κ3) is 4.40. The van der Waals surface area contributed by atoms with Gasteiger partial charge in [0.1, 0.15) is 5.52 Å². The highest BCUT2D eigenvalue weighted by Crippen LogP contribution is 2.37. The molecule has 3 rings (SSSR count). The van der Waals surface area contributed by atoms with E-state index in [1.165, 1.54) is 0 Å². The Labute approximate surface area is 174 Å². The smallest absolute Gasteiger partial charge is 0.262 e. The summed E-state index contributed by atoms with van der Waals surface area (Å²) >= 11 is 12.6. The predicted octanol–water partition coefficient (Wildman–Crippen LogP) is 6.38. The van der Waals surface area contributed by atoms with E-state index in [9.17, 15) is 4.79 Å². The summed E-state index contributed by atoms with van der Waals surface area (Å²) in [4.78, 5) is 17.0. The lowest BCUT2D eigenvalue weighted by Gasteiger charge is -2.16. The zero-order chi connectivity index (χ0) is 20.3. The Morgan fingerprint density at radius 1 is 1.18 bits per heavy atom. The molecule has 0 radical (unpaired) electrons. The number of aromatic nitrogens is 1. The molecule has 0 spiro atoms. The van der Waals surface area contributed by atoms with Gasteiger partial charge in [-0.05, 0) is 49.1 Å². The van der Waals surface area contributed by atoms with Gasteiger partial charge >= 0.3 is 0 Å². The Balaban J connectivity index is 1.80. The summed E-state index contributed by atoms with van der Waals surface area (Å²) in [7, 11) is 0. The number of carbonyl (C=O) groups excluding carboxylic acids is 1. The van der Waals surface area contributed by atoms with Crippen LogP contribution in [0, 0.1) is 6.92 Å². The molecule has 146 valence electrons. The first-order valence-corrected chi connectivity index (χ1v) is 9.93. The van der Waals surface area contributed by atoms with Crippen molar-refractivity contribution in [2.24, 2.45) is 0 Å². The largest absolute Gasteiger partial charge is 0.480 e. The molecule has 0 aliphatic carbocycles. The number of nitrogens with one attached hydrogen (secondary N) is 1. The molecule has 3 aromatic rings. The second kappa shape index (κ2) is 8.80. The summed E-state index contributed by atoms with van der Waals surface area (Å²) in [5, 5.41) is 4.48. The molecule has 28 heavy (non-hydrogen) atoms.